The maximum Gasteiger partial charge on any atom is 0.392 e. The standard InChI is InChI=1S/C11H13ClF3NO/c1-7(16)8-2-3-10(9(12)6-8)17-5-4-11(13,14)15/h2-3,6-7H,4-5,16H2,1H3. The van der Waals surface area contributed by atoms with E-state index in [0.717, 1.165) is 5.56 Å². The lowest BCUT2D eigenvalue weighted by Gasteiger charge is -2.12. The molecule has 0 spiro atoms. The van der Waals surface area contributed by atoms with Crippen molar-refractivity contribution in [1.29, 1.82) is 0 Å². The number of hydrogen-bond donors (Lipinski definition) is 1. The van der Waals surface area contributed by atoms with Crippen molar-refractivity contribution in [2.75, 3.05) is 6.61 Å². The average molecular weight is 268 g/mol. The lowest BCUT2D eigenvalue weighted by molar-refractivity contribution is -0.139. The second kappa shape index (κ2) is 5.60. The molecule has 0 saturated heterocycles. The molecule has 1 aromatic rings. The van der Waals surface area contributed by atoms with Crippen LogP contribution < -0.4 is 10.5 Å². The van der Waals surface area contributed by atoms with Crippen molar-refractivity contribution in [1.82, 2.24) is 0 Å². The van der Waals surface area contributed by atoms with Crippen LogP contribution in [0.1, 0.15) is 24.9 Å². The van der Waals surface area contributed by atoms with Gasteiger partial charge in [-0.05, 0) is 24.6 Å². The van der Waals surface area contributed by atoms with Crippen molar-refractivity contribution in [2.45, 2.75) is 25.6 Å². The van der Waals surface area contributed by atoms with Gasteiger partial charge in [-0.1, -0.05) is 17.7 Å². The number of nitrogens with two attached hydrogens (primary N) is 1. The SMILES string of the molecule is CC(N)c1ccc(OCCC(F)(F)F)c(Cl)c1. The maximum atomic E-state index is 11.9. The van der Waals surface area contributed by atoms with E-state index in [1.807, 2.05) is 0 Å². The fourth-order valence-corrected chi connectivity index (χ4v) is 1.44. The fourth-order valence-electron chi connectivity index (χ4n) is 1.19. The van der Waals surface area contributed by atoms with E-state index in [1.165, 1.54) is 6.07 Å². The summed E-state index contributed by atoms with van der Waals surface area (Å²) in [6, 6.07) is 4.61. The minimum atomic E-state index is -4.22. The summed E-state index contributed by atoms with van der Waals surface area (Å²) in [7, 11) is 0. The Hall–Kier alpha value is -0.940. The first kappa shape index (κ1) is 14.1. The van der Waals surface area contributed by atoms with E-state index < -0.39 is 19.2 Å². The van der Waals surface area contributed by atoms with Gasteiger partial charge in [0.2, 0.25) is 0 Å². The molecule has 0 aliphatic rings. The molecule has 0 bridgehead atoms. The van der Waals surface area contributed by atoms with Gasteiger partial charge in [0.25, 0.3) is 0 Å². The summed E-state index contributed by atoms with van der Waals surface area (Å²) in [5, 5.41) is 0.266. The summed E-state index contributed by atoms with van der Waals surface area (Å²) in [4.78, 5) is 0. The lowest BCUT2D eigenvalue weighted by Crippen LogP contribution is -2.13. The highest BCUT2D eigenvalue weighted by Gasteiger charge is 2.26. The van der Waals surface area contributed by atoms with E-state index in [-0.39, 0.29) is 16.8 Å². The highest BCUT2D eigenvalue weighted by molar-refractivity contribution is 6.32. The van der Waals surface area contributed by atoms with Gasteiger partial charge in [-0.3, -0.25) is 0 Å². The molecule has 2 N–H and O–H groups in total. The van der Waals surface area contributed by atoms with Gasteiger partial charge >= 0.3 is 6.18 Å². The van der Waals surface area contributed by atoms with Crippen LogP contribution in [0.2, 0.25) is 5.02 Å². The lowest BCUT2D eigenvalue weighted by atomic mass is 10.1. The number of rotatable bonds is 4. The summed E-state index contributed by atoms with van der Waals surface area (Å²) in [5.74, 6) is 0.236. The minimum absolute atomic E-state index is 0.184. The summed E-state index contributed by atoms with van der Waals surface area (Å²) in [6.07, 6.45) is -5.23. The summed E-state index contributed by atoms with van der Waals surface area (Å²) in [5.41, 5.74) is 6.45. The first-order valence-electron chi connectivity index (χ1n) is 5.04. The van der Waals surface area contributed by atoms with Crippen LogP contribution in [0.4, 0.5) is 13.2 Å². The molecule has 0 aromatic heterocycles. The van der Waals surface area contributed by atoms with E-state index in [1.54, 1.807) is 19.1 Å². The van der Waals surface area contributed by atoms with Gasteiger partial charge in [-0.15, -0.1) is 0 Å². The highest BCUT2D eigenvalue weighted by atomic mass is 35.5. The molecule has 0 amide bonds. The smallest absolute Gasteiger partial charge is 0.392 e. The zero-order chi connectivity index (χ0) is 13.1. The predicted octanol–water partition coefficient (Wildman–Crippen LogP) is 3.69. The van der Waals surface area contributed by atoms with Crippen LogP contribution in [0, 0.1) is 0 Å². The molecule has 1 unspecified atom stereocenters. The van der Waals surface area contributed by atoms with Crippen LogP contribution in [0.25, 0.3) is 0 Å². The van der Waals surface area contributed by atoms with E-state index in [0.29, 0.717) is 0 Å². The molecule has 1 rings (SSSR count). The molecule has 0 fully saturated rings. The number of benzene rings is 1. The van der Waals surface area contributed by atoms with Crippen LogP contribution >= 0.6 is 11.6 Å². The maximum absolute atomic E-state index is 11.9. The number of halogens is 4. The van der Waals surface area contributed by atoms with Crippen LogP contribution in [0.5, 0.6) is 5.75 Å². The molecule has 0 saturated carbocycles. The Morgan fingerprint density at radius 2 is 2.06 bits per heavy atom. The van der Waals surface area contributed by atoms with Gasteiger partial charge in [0.1, 0.15) is 5.75 Å². The van der Waals surface area contributed by atoms with Crippen molar-refractivity contribution >= 4 is 11.6 Å². The van der Waals surface area contributed by atoms with Gasteiger partial charge < -0.3 is 10.5 Å². The Labute approximate surface area is 103 Å². The van der Waals surface area contributed by atoms with Crippen molar-refractivity contribution in [3.63, 3.8) is 0 Å². The Morgan fingerprint density at radius 3 is 2.53 bits per heavy atom. The first-order chi connectivity index (χ1) is 7.79. The third-order valence-corrected chi connectivity index (χ3v) is 2.42. The van der Waals surface area contributed by atoms with Gasteiger partial charge in [0.15, 0.2) is 0 Å². The fraction of sp³-hybridized carbons (Fsp3) is 0.455. The highest BCUT2D eigenvalue weighted by Crippen LogP contribution is 2.28. The van der Waals surface area contributed by atoms with E-state index in [9.17, 15) is 13.2 Å². The zero-order valence-corrected chi connectivity index (χ0v) is 9.98. The second-order valence-corrected chi connectivity index (χ2v) is 4.10. The molecular formula is C11H13ClF3NO. The molecule has 96 valence electrons. The molecule has 1 aromatic carbocycles. The third kappa shape index (κ3) is 4.83. The Morgan fingerprint density at radius 1 is 1.41 bits per heavy atom. The second-order valence-electron chi connectivity index (χ2n) is 3.69. The van der Waals surface area contributed by atoms with Crippen LogP contribution in [0.15, 0.2) is 18.2 Å². The summed E-state index contributed by atoms with van der Waals surface area (Å²) in [6.45, 7) is 1.34. The third-order valence-electron chi connectivity index (χ3n) is 2.12. The zero-order valence-electron chi connectivity index (χ0n) is 9.22. The van der Waals surface area contributed by atoms with Gasteiger partial charge in [-0.25, -0.2) is 0 Å². The Kier molecular flexibility index (Phi) is 4.65. The molecule has 0 aliphatic carbocycles. The monoisotopic (exact) mass is 267 g/mol. The summed E-state index contributed by atoms with van der Waals surface area (Å²) < 4.78 is 40.7. The molecule has 0 heterocycles. The predicted molar refractivity (Wildman–Crippen MR) is 60.2 cm³/mol. The van der Waals surface area contributed by atoms with Crippen molar-refractivity contribution in [3.05, 3.63) is 28.8 Å². The largest absolute Gasteiger partial charge is 0.492 e. The molecule has 6 heteroatoms. The van der Waals surface area contributed by atoms with Crippen molar-refractivity contribution < 1.29 is 17.9 Å². The molecule has 1 atom stereocenters. The number of hydrogen-bond acceptors (Lipinski definition) is 2. The van der Waals surface area contributed by atoms with Crippen LogP contribution in [-0.2, 0) is 0 Å². The number of alkyl halides is 3. The van der Waals surface area contributed by atoms with Crippen molar-refractivity contribution in [3.8, 4) is 5.75 Å². The summed E-state index contributed by atoms with van der Waals surface area (Å²) >= 11 is 5.86. The molecule has 17 heavy (non-hydrogen) atoms. The Bertz CT molecular complexity index is 379. The van der Waals surface area contributed by atoms with Gasteiger partial charge in [0, 0.05) is 6.04 Å². The number of ether oxygens (including phenoxy) is 1. The van der Waals surface area contributed by atoms with Crippen molar-refractivity contribution in [2.24, 2.45) is 5.73 Å². The minimum Gasteiger partial charge on any atom is -0.492 e. The molecule has 0 radical (unpaired) electrons. The van der Waals surface area contributed by atoms with Gasteiger partial charge in [0.05, 0.1) is 18.1 Å². The molecular weight excluding hydrogens is 255 g/mol. The van der Waals surface area contributed by atoms with Crippen LogP contribution in [-0.4, -0.2) is 12.8 Å². The Balaban J connectivity index is 2.61. The van der Waals surface area contributed by atoms with Gasteiger partial charge in [-0.2, -0.15) is 13.2 Å². The quantitative estimate of drug-likeness (QED) is 0.903. The molecule has 0 aliphatic heterocycles. The van der Waals surface area contributed by atoms with E-state index in [2.05, 4.69) is 0 Å². The molecule has 2 nitrogen and oxygen atoms in total. The van der Waals surface area contributed by atoms with E-state index in [4.69, 9.17) is 22.1 Å². The average Bonchev–Trinajstić information content (AvgIpc) is 2.18. The normalized spacial score (nSPS) is 13.5. The first-order valence-corrected chi connectivity index (χ1v) is 5.42. The van der Waals surface area contributed by atoms with E-state index >= 15 is 0 Å². The van der Waals surface area contributed by atoms with Crippen LogP contribution in [0.3, 0.4) is 0 Å². The topological polar surface area (TPSA) is 35.2 Å².